The van der Waals surface area contributed by atoms with Crippen LogP contribution >= 0.6 is 7.82 Å². The van der Waals surface area contributed by atoms with Crippen molar-refractivity contribution < 1.29 is 32.9 Å². The maximum Gasteiger partial charge on any atom is 0.472 e. The third-order valence-electron chi connectivity index (χ3n) is 14.6. The highest BCUT2D eigenvalue weighted by Gasteiger charge is 2.28. The third-order valence-corrected chi connectivity index (χ3v) is 15.6. The predicted molar refractivity (Wildman–Crippen MR) is 300 cm³/mol. The molecule has 0 aliphatic carbocycles. The number of aliphatic hydroxyl groups is 1. The van der Waals surface area contributed by atoms with Crippen LogP contribution in [0.15, 0.2) is 0 Å². The number of phosphoric ester groups is 1. The summed E-state index contributed by atoms with van der Waals surface area (Å²) in [7, 11) is 1.64. The van der Waals surface area contributed by atoms with E-state index in [9.17, 15) is 19.4 Å². The van der Waals surface area contributed by atoms with Crippen molar-refractivity contribution in [2.24, 2.45) is 0 Å². The van der Waals surface area contributed by atoms with Crippen LogP contribution in [0.25, 0.3) is 0 Å². The Labute approximate surface area is 431 Å². The van der Waals surface area contributed by atoms with Gasteiger partial charge in [0, 0.05) is 6.42 Å². The highest BCUT2D eigenvalue weighted by Crippen LogP contribution is 2.43. The number of hydrogen-bond donors (Lipinski definition) is 3. The van der Waals surface area contributed by atoms with Gasteiger partial charge in [0.05, 0.1) is 39.9 Å². The van der Waals surface area contributed by atoms with Crippen molar-refractivity contribution in [3.63, 3.8) is 0 Å². The van der Waals surface area contributed by atoms with Gasteiger partial charge in [0.25, 0.3) is 0 Å². The van der Waals surface area contributed by atoms with E-state index in [-0.39, 0.29) is 19.1 Å². The SMILES string of the molecule is CCCCCCCCCCCCCCCCCCCCCCCCCCCCCCCC(O)C(COP(=O)(O)OCC[N+](C)(C)C)NC(=O)CCCCCCCCCCCCCCCCCCCC. The zero-order valence-electron chi connectivity index (χ0n) is 47.3. The standard InChI is InChI=1S/C60H123N2O6P/c1-6-8-10-12-14-16-18-20-22-24-26-27-28-29-30-31-32-33-34-35-36-37-39-41-43-45-47-49-51-53-59(63)58(57-68-69(65,66)67-56-55-62(3,4)5)61-60(64)54-52-50-48-46-44-42-40-38-25-23-21-19-17-15-13-11-9-7-2/h58-59,63H,6-57H2,1-5H3,(H-,61,64,65,66)/p+1. The van der Waals surface area contributed by atoms with E-state index in [0.717, 1.165) is 38.5 Å². The molecule has 0 aliphatic heterocycles. The summed E-state index contributed by atoms with van der Waals surface area (Å²) in [5.74, 6) is -0.136. The molecule has 0 aromatic rings. The topological polar surface area (TPSA) is 105 Å². The molecule has 0 aromatic heterocycles. The van der Waals surface area contributed by atoms with Gasteiger partial charge in [-0.25, -0.2) is 4.57 Å². The molecule has 3 unspecified atom stereocenters. The van der Waals surface area contributed by atoms with Gasteiger partial charge in [0.1, 0.15) is 13.2 Å². The highest BCUT2D eigenvalue weighted by atomic mass is 31.2. The molecule has 1 amide bonds. The molecule has 0 spiro atoms. The minimum Gasteiger partial charge on any atom is -0.391 e. The molecule has 414 valence electrons. The fourth-order valence-corrected chi connectivity index (χ4v) is 10.5. The number of hydrogen-bond acceptors (Lipinski definition) is 5. The van der Waals surface area contributed by atoms with Crippen molar-refractivity contribution in [1.82, 2.24) is 5.32 Å². The molecule has 0 saturated carbocycles. The predicted octanol–water partition coefficient (Wildman–Crippen LogP) is 18.8. The summed E-state index contributed by atoms with van der Waals surface area (Å²) in [6, 6.07) is -0.755. The van der Waals surface area contributed by atoms with E-state index in [0.29, 0.717) is 23.9 Å². The van der Waals surface area contributed by atoms with Crippen LogP contribution in [0.3, 0.4) is 0 Å². The summed E-state index contributed by atoms with van der Waals surface area (Å²) >= 11 is 0. The zero-order chi connectivity index (χ0) is 50.6. The van der Waals surface area contributed by atoms with E-state index in [4.69, 9.17) is 9.05 Å². The van der Waals surface area contributed by atoms with Crippen molar-refractivity contribution in [3.05, 3.63) is 0 Å². The number of likely N-dealkylation sites (N-methyl/N-ethyl adjacent to an activating group) is 1. The summed E-state index contributed by atoms with van der Waals surface area (Å²) < 4.78 is 23.8. The number of quaternary nitrogens is 1. The number of unbranched alkanes of at least 4 members (excludes halogenated alkanes) is 45. The Balaban J connectivity index is 4.04. The molecule has 0 aliphatic rings. The molecule has 3 N–H and O–H groups in total. The van der Waals surface area contributed by atoms with Gasteiger partial charge in [0.15, 0.2) is 0 Å². The molecule has 0 heterocycles. The lowest BCUT2D eigenvalue weighted by Crippen LogP contribution is -2.46. The molecule has 0 fully saturated rings. The van der Waals surface area contributed by atoms with Crippen LogP contribution < -0.4 is 5.32 Å². The van der Waals surface area contributed by atoms with Gasteiger partial charge in [-0.2, -0.15) is 0 Å². The first kappa shape index (κ1) is 68.5. The molecule has 0 aromatic carbocycles. The minimum absolute atomic E-state index is 0.0792. The Morgan fingerprint density at radius 2 is 0.696 bits per heavy atom. The maximum absolute atomic E-state index is 13.0. The normalized spacial score (nSPS) is 13.8. The molecule has 69 heavy (non-hydrogen) atoms. The highest BCUT2D eigenvalue weighted by molar-refractivity contribution is 7.47. The zero-order valence-corrected chi connectivity index (χ0v) is 48.2. The number of nitrogens with one attached hydrogen (secondary N) is 1. The molecular weight excluding hydrogens is 876 g/mol. The Morgan fingerprint density at radius 3 is 0.971 bits per heavy atom. The van der Waals surface area contributed by atoms with E-state index in [2.05, 4.69) is 19.2 Å². The van der Waals surface area contributed by atoms with Crippen molar-refractivity contribution in [1.29, 1.82) is 0 Å². The second-order valence-electron chi connectivity index (χ2n) is 22.8. The number of carbonyl (C=O) groups is 1. The molecule has 9 heteroatoms. The number of rotatable bonds is 58. The van der Waals surface area contributed by atoms with Gasteiger partial charge >= 0.3 is 7.82 Å². The van der Waals surface area contributed by atoms with Crippen molar-refractivity contribution >= 4 is 13.7 Å². The van der Waals surface area contributed by atoms with Gasteiger partial charge in [-0.1, -0.05) is 309 Å². The first-order chi connectivity index (χ1) is 33.5. The summed E-state index contributed by atoms with van der Waals surface area (Å²) in [5.41, 5.74) is 0. The fourth-order valence-electron chi connectivity index (χ4n) is 9.76. The van der Waals surface area contributed by atoms with Gasteiger partial charge in [-0.3, -0.25) is 13.8 Å². The quantitative estimate of drug-likeness (QED) is 0.0318. The van der Waals surface area contributed by atoms with Crippen LogP contribution in [0.1, 0.15) is 328 Å². The van der Waals surface area contributed by atoms with Crippen LogP contribution in [0.4, 0.5) is 0 Å². The van der Waals surface area contributed by atoms with E-state index < -0.39 is 20.0 Å². The lowest BCUT2D eigenvalue weighted by Gasteiger charge is -2.26. The largest absolute Gasteiger partial charge is 0.472 e. The maximum atomic E-state index is 13.0. The lowest BCUT2D eigenvalue weighted by atomic mass is 10.0. The molecule has 3 atom stereocenters. The summed E-state index contributed by atoms with van der Waals surface area (Å²) in [6.07, 6.45) is 63.2. The smallest absolute Gasteiger partial charge is 0.391 e. The Morgan fingerprint density at radius 1 is 0.435 bits per heavy atom. The Hall–Kier alpha value is -0.500. The Bertz CT molecular complexity index is 1090. The van der Waals surface area contributed by atoms with E-state index in [1.54, 1.807) is 0 Å². The van der Waals surface area contributed by atoms with Crippen molar-refractivity contribution in [2.45, 2.75) is 341 Å². The van der Waals surface area contributed by atoms with Crippen LogP contribution in [0.5, 0.6) is 0 Å². The van der Waals surface area contributed by atoms with Gasteiger partial charge in [-0.05, 0) is 12.8 Å². The van der Waals surface area contributed by atoms with Crippen LogP contribution in [-0.2, 0) is 18.4 Å². The lowest BCUT2D eigenvalue weighted by molar-refractivity contribution is -0.870. The number of carbonyl (C=O) groups excluding carboxylic acids is 1. The summed E-state index contributed by atoms with van der Waals surface area (Å²) in [5, 5.41) is 14.1. The number of aliphatic hydroxyl groups excluding tert-OH is 1. The molecule has 0 bridgehead atoms. The molecular formula is C60H124N2O6P+. The van der Waals surface area contributed by atoms with E-state index in [1.165, 1.54) is 263 Å². The molecule has 0 saturated heterocycles. The molecule has 0 rings (SSSR count). The van der Waals surface area contributed by atoms with Crippen LogP contribution in [-0.4, -0.2) is 73.4 Å². The first-order valence-electron chi connectivity index (χ1n) is 30.9. The Kier molecular flexibility index (Phi) is 52.0. The van der Waals surface area contributed by atoms with Gasteiger partial charge < -0.3 is 19.8 Å². The van der Waals surface area contributed by atoms with Crippen molar-refractivity contribution in [3.8, 4) is 0 Å². The molecule has 8 nitrogen and oxygen atoms in total. The van der Waals surface area contributed by atoms with Gasteiger partial charge in [-0.15, -0.1) is 0 Å². The van der Waals surface area contributed by atoms with E-state index in [1.807, 2.05) is 21.1 Å². The number of nitrogens with zero attached hydrogens (tertiary/aromatic N) is 1. The van der Waals surface area contributed by atoms with Gasteiger partial charge in [0.2, 0.25) is 5.91 Å². The third kappa shape index (κ3) is 55.1. The minimum atomic E-state index is -4.32. The number of phosphoric acid groups is 1. The fraction of sp³-hybridized carbons (Fsp3) is 0.983. The second-order valence-corrected chi connectivity index (χ2v) is 24.3. The molecule has 0 radical (unpaired) electrons. The second kappa shape index (κ2) is 52.4. The first-order valence-corrected chi connectivity index (χ1v) is 32.4. The number of amides is 1. The monoisotopic (exact) mass is 1000 g/mol. The summed E-state index contributed by atoms with van der Waals surface area (Å²) in [4.78, 5) is 23.3. The summed E-state index contributed by atoms with van der Waals surface area (Å²) in [6.45, 7) is 4.95. The average Bonchev–Trinajstić information content (AvgIpc) is 3.31. The van der Waals surface area contributed by atoms with Crippen LogP contribution in [0, 0.1) is 0 Å². The van der Waals surface area contributed by atoms with E-state index >= 15 is 0 Å². The van der Waals surface area contributed by atoms with Crippen LogP contribution in [0.2, 0.25) is 0 Å². The average molecular weight is 1000 g/mol. The van der Waals surface area contributed by atoms with Crippen molar-refractivity contribution in [2.75, 3.05) is 40.9 Å².